The highest BCUT2D eigenvalue weighted by Gasteiger charge is 2.13. The number of unbranched alkanes of at least 4 members (excludes halogenated alkanes) is 1. The third kappa shape index (κ3) is 6.16. The minimum Gasteiger partial charge on any atom is -0.497 e. The molecule has 6 heteroatoms. The summed E-state index contributed by atoms with van der Waals surface area (Å²) >= 11 is 0. The Balaban J connectivity index is 0.000000550. The lowest BCUT2D eigenvalue weighted by Gasteiger charge is -2.08. The van der Waals surface area contributed by atoms with Crippen LogP contribution >= 0.6 is 0 Å². The van der Waals surface area contributed by atoms with Gasteiger partial charge in [0.1, 0.15) is 5.75 Å². The van der Waals surface area contributed by atoms with Crippen LogP contribution in [0.2, 0.25) is 0 Å². The van der Waals surface area contributed by atoms with Crippen LogP contribution in [0.25, 0.3) is 10.9 Å². The van der Waals surface area contributed by atoms with Crippen molar-refractivity contribution in [2.24, 2.45) is 11.5 Å². The van der Waals surface area contributed by atoms with Gasteiger partial charge in [-0.05, 0) is 51.2 Å². The molecule has 1 heterocycles. The molecule has 0 aliphatic carbocycles. The number of ether oxygens (including phenoxy) is 1. The Morgan fingerprint density at radius 2 is 2.00 bits per heavy atom. The molecule has 1 aromatic heterocycles. The number of nitrogens with zero attached hydrogens (tertiary/aromatic N) is 2. The van der Waals surface area contributed by atoms with E-state index >= 15 is 0 Å². The van der Waals surface area contributed by atoms with Crippen LogP contribution in [0.3, 0.4) is 0 Å². The third-order valence-electron chi connectivity index (χ3n) is 3.92. The topological polar surface area (TPSA) is 86.5 Å². The number of nitrogens with two attached hydrogens (primary N) is 2. The molecular formula is C19H32N4O2. The lowest BCUT2D eigenvalue weighted by Crippen LogP contribution is -2.20. The third-order valence-corrected chi connectivity index (χ3v) is 3.92. The van der Waals surface area contributed by atoms with Crippen molar-refractivity contribution in [1.82, 2.24) is 9.47 Å². The summed E-state index contributed by atoms with van der Waals surface area (Å²) in [5, 5.41) is 1.08. The second-order valence-corrected chi connectivity index (χ2v) is 6.20. The average Bonchev–Trinajstić information content (AvgIpc) is 2.98. The maximum absolute atomic E-state index is 12.0. The summed E-state index contributed by atoms with van der Waals surface area (Å²) in [6.45, 7) is 3.90. The molecule has 0 bridgehead atoms. The van der Waals surface area contributed by atoms with Gasteiger partial charge in [-0.25, -0.2) is 0 Å². The van der Waals surface area contributed by atoms with Crippen LogP contribution in [0, 0.1) is 0 Å². The van der Waals surface area contributed by atoms with Crippen LogP contribution in [-0.2, 0) is 6.42 Å². The number of aromatic nitrogens is 1. The van der Waals surface area contributed by atoms with Gasteiger partial charge < -0.3 is 21.1 Å². The van der Waals surface area contributed by atoms with Crippen molar-refractivity contribution in [3.05, 3.63) is 30.0 Å². The molecule has 140 valence electrons. The first-order valence-electron chi connectivity index (χ1n) is 8.74. The second kappa shape index (κ2) is 10.9. The van der Waals surface area contributed by atoms with E-state index in [-0.39, 0.29) is 12.5 Å². The monoisotopic (exact) mass is 348 g/mol. The number of hydrogen-bond donors (Lipinski definition) is 2. The van der Waals surface area contributed by atoms with Gasteiger partial charge in [0.05, 0.1) is 19.2 Å². The zero-order valence-corrected chi connectivity index (χ0v) is 15.9. The molecule has 0 spiro atoms. The van der Waals surface area contributed by atoms with Crippen LogP contribution < -0.4 is 16.2 Å². The van der Waals surface area contributed by atoms with E-state index in [9.17, 15) is 4.79 Å². The molecule has 0 unspecified atom stereocenters. The van der Waals surface area contributed by atoms with E-state index in [1.807, 2.05) is 38.5 Å². The first kappa shape index (κ1) is 21.2. The minimum atomic E-state index is -0.112. The Kier molecular flexibility index (Phi) is 9.20. The summed E-state index contributed by atoms with van der Waals surface area (Å²) in [4.78, 5) is 14.1. The highest BCUT2D eigenvalue weighted by molar-refractivity contribution is 5.95. The Morgan fingerprint density at radius 3 is 2.48 bits per heavy atom. The molecule has 0 amide bonds. The number of methoxy groups -OCH3 is 1. The number of fused-ring (bicyclic) bond motifs is 1. The molecule has 0 aliphatic heterocycles. The van der Waals surface area contributed by atoms with E-state index in [1.54, 1.807) is 11.7 Å². The maximum atomic E-state index is 12.0. The Morgan fingerprint density at radius 1 is 1.28 bits per heavy atom. The summed E-state index contributed by atoms with van der Waals surface area (Å²) in [7, 11) is 5.69. The minimum absolute atomic E-state index is 0.00584. The Labute approximate surface area is 150 Å². The van der Waals surface area contributed by atoms with Gasteiger partial charge in [0, 0.05) is 24.2 Å². The predicted octanol–water partition coefficient (Wildman–Crippen LogP) is 2.10. The van der Waals surface area contributed by atoms with Crippen molar-refractivity contribution in [3.8, 4) is 5.75 Å². The van der Waals surface area contributed by atoms with E-state index in [1.165, 1.54) is 12.8 Å². The highest BCUT2D eigenvalue weighted by atomic mass is 16.5. The highest BCUT2D eigenvalue weighted by Crippen LogP contribution is 2.26. The van der Waals surface area contributed by atoms with E-state index in [4.69, 9.17) is 16.2 Å². The number of hydrogen-bond acceptors (Lipinski definition) is 5. The summed E-state index contributed by atoms with van der Waals surface area (Å²) < 4.78 is 6.86. The van der Waals surface area contributed by atoms with E-state index in [2.05, 4.69) is 11.8 Å². The lowest BCUT2D eigenvalue weighted by atomic mass is 10.1. The standard InChI is InChI=1S/C15H21N3O2.C4H11N/c1-17(2)7-6-11-10-18(15(19)9-16)14-8-12(20-3)4-5-13(11)14;1-2-3-4-5/h4-5,8,10H,6-7,9,16H2,1-3H3;2-5H2,1H3. The first-order chi connectivity index (χ1) is 12.0. The van der Waals surface area contributed by atoms with Gasteiger partial charge in [0.25, 0.3) is 0 Å². The van der Waals surface area contributed by atoms with Crippen molar-refractivity contribution in [2.45, 2.75) is 26.2 Å². The smallest absolute Gasteiger partial charge is 0.244 e. The fourth-order valence-electron chi connectivity index (χ4n) is 2.46. The number of rotatable bonds is 7. The molecular weight excluding hydrogens is 316 g/mol. The molecule has 1 aromatic carbocycles. The van der Waals surface area contributed by atoms with Gasteiger partial charge in [-0.1, -0.05) is 13.3 Å². The fourth-order valence-corrected chi connectivity index (χ4v) is 2.46. The number of likely N-dealkylation sites (N-methyl/N-ethyl adjacent to an activating group) is 1. The van der Waals surface area contributed by atoms with Crippen molar-refractivity contribution in [3.63, 3.8) is 0 Å². The van der Waals surface area contributed by atoms with Gasteiger partial charge in [0.15, 0.2) is 0 Å². The van der Waals surface area contributed by atoms with Gasteiger partial charge in [-0.2, -0.15) is 0 Å². The fraction of sp³-hybridized carbons (Fsp3) is 0.526. The zero-order valence-electron chi connectivity index (χ0n) is 15.9. The van der Waals surface area contributed by atoms with Crippen LogP contribution in [-0.4, -0.2) is 56.2 Å². The van der Waals surface area contributed by atoms with Gasteiger partial charge in [-0.15, -0.1) is 0 Å². The molecule has 2 rings (SSSR count). The maximum Gasteiger partial charge on any atom is 0.244 e. The van der Waals surface area contributed by atoms with E-state index in [0.29, 0.717) is 0 Å². The molecule has 0 saturated carbocycles. The van der Waals surface area contributed by atoms with E-state index in [0.717, 1.165) is 41.7 Å². The molecule has 0 aliphatic rings. The van der Waals surface area contributed by atoms with Gasteiger partial charge >= 0.3 is 0 Å². The predicted molar refractivity (Wildman–Crippen MR) is 104 cm³/mol. The molecule has 4 N–H and O–H groups in total. The molecule has 0 atom stereocenters. The van der Waals surface area contributed by atoms with Crippen molar-refractivity contribution >= 4 is 16.8 Å². The summed E-state index contributed by atoms with van der Waals surface area (Å²) in [5.74, 6) is 0.625. The summed E-state index contributed by atoms with van der Waals surface area (Å²) in [5.41, 5.74) is 12.6. The van der Waals surface area contributed by atoms with Crippen LogP contribution in [0.4, 0.5) is 0 Å². The largest absolute Gasteiger partial charge is 0.497 e. The van der Waals surface area contributed by atoms with Gasteiger partial charge in [0.2, 0.25) is 5.91 Å². The number of carbonyl (C=O) groups is 1. The molecule has 0 fully saturated rings. The molecule has 25 heavy (non-hydrogen) atoms. The average molecular weight is 348 g/mol. The van der Waals surface area contributed by atoms with Gasteiger partial charge in [-0.3, -0.25) is 9.36 Å². The number of benzene rings is 1. The SMILES string of the molecule is CCCCN.COc1ccc2c(CCN(C)C)cn(C(=O)CN)c2c1. The van der Waals surface area contributed by atoms with E-state index < -0.39 is 0 Å². The Hall–Kier alpha value is -1.89. The summed E-state index contributed by atoms with van der Waals surface area (Å²) in [6.07, 6.45) is 5.17. The van der Waals surface area contributed by atoms with Crippen molar-refractivity contribution in [2.75, 3.05) is 40.8 Å². The normalized spacial score (nSPS) is 10.7. The molecule has 0 radical (unpaired) electrons. The quantitative estimate of drug-likeness (QED) is 0.800. The van der Waals surface area contributed by atoms with Crippen LogP contribution in [0.15, 0.2) is 24.4 Å². The zero-order chi connectivity index (χ0) is 18.8. The number of carbonyl (C=O) groups excluding carboxylic acids is 1. The molecule has 2 aromatic rings. The van der Waals surface area contributed by atoms with Crippen molar-refractivity contribution in [1.29, 1.82) is 0 Å². The van der Waals surface area contributed by atoms with Crippen LogP contribution in [0.1, 0.15) is 30.1 Å². The lowest BCUT2D eigenvalue weighted by molar-refractivity contribution is 0.0928. The second-order valence-electron chi connectivity index (χ2n) is 6.20. The Bertz CT molecular complexity index is 663. The molecule has 6 nitrogen and oxygen atoms in total. The van der Waals surface area contributed by atoms with Crippen molar-refractivity contribution < 1.29 is 9.53 Å². The van der Waals surface area contributed by atoms with Crippen LogP contribution in [0.5, 0.6) is 5.75 Å². The molecule has 0 saturated heterocycles. The summed E-state index contributed by atoms with van der Waals surface area (Å²) in [6, 6.07) is 5.79. The first-order valence-corrected chi connectivity index (χ1v) is 8.74.